The molecule has 3 heteroatoms. The molecule has 1 aromatic heterocycles. The lowest BCUT2D eigenvalue weighted by atomic mass is 9.89. The molecule has 0 aliphatic heterocycles. The van der Waals surface area contributed by atoms with Gasteiger partial charge in [0.05, 0.1) is 11.1 Å². The average molecular weight is 267 g/mol. The van der Waals surface area contributed by atoms with Gasteiger partial charge in [0, 0.05) is 17.0 Å². The lowest BCUT2D eigenvalue weighted by molar-refractivity contribution is 0.0697. The van der Waals surface area contributed by atoms with Gasteiger partial charge in [-0.15, -0.1) is 0 Å². The summed E-state index contributed by atoms with van der Waals surface area (Å²) in [6.45, 7) is 2.09. The Bertz CT molecular complexity index is 735. The number of carboxylic acids is 1. The van der Waals surface area contributed by atoms with Gasteiger partial charge < -0.3 is 5.11 Å². The zero-order valence-electron chi connectivity index (χ0n) is 11.5. The summed E-state index contributed by atoms with van der Waals surface area (Å²) in [5.74, 6) is 0.112. The van der Waals surface area contributed by atoms with Crippen molar-refractivity contribution in [1.29, 1.82) is 0 Å². The minimum absolute atomic E-state index is 0.420. The molecule has 2 atom stereocenters. The van der Waals surface area contributed by atoms with E-state index < -0.39 is 5.97 Å². The zero-order valence-corrected chi connectivity index (χ0v) is 11.5. The number of pyridine rings is 1. The lowest BCUT2D eigenvalue weighted by Gasteiger charge is -2.18. The van der Waals surface area contributed by atoms with Crippen LogP contribution in [0.4, 0.5) is 0 Å². The van der Waals surface area contributed by atoms with E-state index in [9.17, 15) is 9.90 Å². The Morgan fingerprint density at radius 3 is 2.90 bits per heavy atom. The monoisotopic (exact) mass is 267 g/mol. The summed E-state index contributed by atoms with van der Waals surface area (Å²) in [5, 5.41) is 10.5. The van der Waals surface area contributed by atoms with Gasteiger partial charge >= 0.3 is 5.97 Å². The van der Waals surface area contributed by atoms with Gasteiger partial charge in [0.25, 0.3) is 0 Å². The third-order valence-corrected chi connectivity index (χ3v) is 4.97. The second-order valence-corrected chi connectivity index (χ2v) is 6.00. The van der Waals surface area contributed by atoms with E-state index in [1.165, 1.54) is 12.0 Å². The molecule has 1 aromatic carbocycles. The minimum atomic E-state index is -0.797. The maximum atomic E-state index is 11.8. The Balaban J connectivity index is 2.10. The molecule has 1 fully saturated rings. The number of benzene rings is 1. The molecule has 2 unspecified atom stereocenters. The molecule has 0 saturated heterocycles. The number of aromatic nitrogens is 1. The van der Waals surface area contributed by atoms with Gasteiger partial charge in [-0.25, -0.2) is 4.79 Å². The summed E-state index contributed by atoms with van der Waals surface area (Å²) in [4.78, 5) is 16.6. The second-order valence-electron chi connectivity index (χ2n) is 6.00. The molecular formula is C17H17NO2. The van der Waals surface area contributed by atoms with E-state index in [2.05, 4.69) is 13.0 Å². The van der Waals surface area contributed by atoms with Gasteiger partial charge in [0.15, 0.2) is 0 Å². The quantitative estimate of drug-likeness (QED) is 0.898. The molecule has 1 heterocycles. The van der Waals surface area contributed by atoms with Crippen LogP contribution < -0.4 is 0 Å². The number of rotatable bonds is 2. The van der Waals surface area contributed by atoms with Crippen LogP contribution in [0.15, 0.2) is 18.2 Å². The highest BCUT2D eigenvalue weighted by Gasteiger charge is 2.41. The molecule has 20 heavy (non-hydrogen) atoms. The van der Waals surface area contributed by atoms with Gasteiger partial charge in [0.2, 0.25) is 0 Å². The Morgan fingerprint density at radius 2 is 2.15 bits per heavy atom. The number of nitrogens with zero attached hydrogens (tertiary/aromatic N) is 1. The molecule has 2 aliphatic rings. The maximum Gasteiger partial charge on any atom is 0.336 e. The number of hydrogen-bond acceptors (Lipinski definition) is 2. The van der Waals surface area contributed by atoms with E-state index in [0.717, 1.165) is 41.4 Å². The van der Waals surface area contributed by atoms with Gasteiger partial charge in [-0.05, 0) is 54.9 Å². The fraction of sp³-hybridized carbons (Fsp3) is 0.412. The predicted octanol–water partition coefficient (Wildman–Crippen LogP) is 3.86. The third-order valence-electron chi connectivity index (χ3n) is 4.97. The number of fused-ring (bicyclic) bond motifs is 6. The molecule has 0 spiro atoms. The second kappa shape index (κ2) is 4.05. The van der Waals surface area contributed by atoms with Crippen LogP contribution in [0.1, 0.15) is 65.2 Å². The molecule has 1 saturated carbocycles. The van der Waals surface area contributed by atoms with Crippen LogP contribution in [-0.4, -0.2) is 16.1 Å². The molecule has 1 N–H and O–H groups in total. The van der Waals surface area contributed by atoms with Gasteiger partial charge in [-0.2, -0.15) is 0 Å². The fourth-order valence-corrected chi connectivity index (χ4v) is 4.01. The van der Waals surface area contributed by atoms with Crippen molar-refractivity contribution >= 4 is 16.9 Å². The molecule has 0 radical (unpaired) electrons. The lowest BCUT2D eigenvalue weighted by Crippen LogP contribution is -2.11. The van der Waals surface area contributed by atoms with E-state index in [1.54, 1.807) is 0 Å². The Morgan fingerprint density at radius 1 is 1.35 bits per heavy atom. The van der Waals surface area contributed by atoms with Gasteiger partial charge in [-0.3, -0.25) is 4.98 Å². The molecule has 2 aromatic rings. The minimum Gasteiger partial charge on any atom is -0.478 e. The Hall–Kier alpha value is -1.90. The summed E-state index contributed by atoms with van der Waals surface area (Å²) < 4.78 is 0. The average Bonchev–Trinajstić information content (AvgIpc) is 3.05. The molecular weight excluding hydrogens is 250 g/mol. The van der Waals surface area contributed by atoms with Crippen LogP contribution in [0.3, 0.4) is 0 Å². The van der Waals surface area contributed by atoms with E-state index in [-0.39, 0.29) is 0 Å². The Labute approximate surface area is 117 Å². The summed E-state index contributed by atoms with van der Waals surface area (Å²) in [6.07, 6.45) is 4.30. The van der Waals surface area contributed by atoms with Crippen molar-refractivity contribution in [3.63, 3.8) is 0 Å². The largest absolute Gasteiger partial charge is 0.478 e. The standard InChI is InChI=1S/C17H17NO2/c1-2-9-3-6-13-12(7-9)15(17(19)20)14-10-4-5-11(8-10)16(14)18-13/h3,6-7,10-11H,2,4-5,8H2,1H3,(H,19,20). The number of carbonyl (C=O) groups is 1. The highest BCUT2D eigenvalue weighted by Crippen LogP contribution is 2.54. The highest BCUT2D eigenvalue weighted by molar-refractivity contribution is 6.04. The van der Waals surface area contributed by atoms with Crippen molar-refractivity contribution in [2.24, 2.45) is 0 Å². The van der Waals surface area contributed by atoms with Crippen molar-refractivity contribution in [3.8, 4) is 0 Å². The Kier molecular flexibility index (Phi) is 2.40. The topological polar surface area (TPSA) is 50.2 Å². The first-order valence-electron chi connectivity index (χ1n) is 7.38. The normalized spacial score (nSPS) is 23.2. The van der Waals surface area contributed by atoms with Gasteiger partial charge in [-0.1, -0.05) is 13.0 Å². The number of aryl methyl sites for hydroxylation is 1. The van der Waals surface area contributed by atoms with Crippen molar-refractivity contribution in [1.82, 2.24) is 4.98 Å². The fourth-order valence-electron chi connectivity index (χ4n) is 4.01. The zero-order chi connectivity index (χ0) is 13.9. The smallest absolute Gasteiger partial charge is 0.336 e. The number of aromatic carboxylic acids is 1. The van der Waals surface area contributed by atoms with Crippen LogP contribution in [0.25, 0.3) is 10.9 Å². The molecule has 2 aliphatic carbocycles. The van der Waals surface area contributed by atoms with Crippen LogP contribution in [0, 0.1) is 0 Å². The molecule has 3 nitrogen and oxygen atoms in total. The molecule has 2 bridgehead atoms. The maximum absolute atomic E-state index is 11.8. The van der Waals surface area contributed by atoms with E-state index in [0.29, 0.717) is 17.4 Å². The van der Waals surface area contributed by atoms with Crippen LogP contribution in [0.5, 0.6) is 0 Å². The first-order chi connectivity index (χ1) is 9.69. The number of carboxylic acid groups (broad SMARTS) is 1. The van der Waals surface area contributed by atoms with Crippen LogP contribution in [-0.2, 0) is 6.42 Å². The molecule has 0 amide bonds. The van der Waals surface area contributed by atoms with Crippen molar-refractivity contribution in [2.75, 3.05) is 0 Å². The van der Waals surface area contributed by atoms with Crippen LogP contribution >= 0.6 is 0 Å². The summed E-state index contributed by atoms with van der Waals surface area (Å²) in [6, 6.07) is 6.05. The van der Waals surface area contributed by atoms with Gasteiger partial charge in [0.1, 0.15) is 0 Å². The van der Waals surface area contributed by atoms with E-state index in [4.69, 9.17) is 4.98 Å². The van der Waals surface area contributed by atoms with E-state index in [1.807, 2.05) is 12.1 Å². The SMILES string of the molecule is CCc1ccc2nc3c(c(C(=O)O)c2c1)C1CCC3C1. The van der Waals surface area contributed by atoms with Crippen LogP contribution in [0.2, 0.25) is 0 Å². The number of hydrogen-bond donors (Lipinski definition) is 1. The van der Waals surface area contributed by atoms with E-state index >= 15 is 0 Å². The van der Waals surface area contributed by atoms with Crippen molar-refractivity contribution in [3.05, 3.63) is 40.6 Å². The predicted molar refractivity (Wildman–Crippen MR) is 77.4 cm³/mol. The van der Waals surface area contributed by atoms with Crippen molar-refractivity contribution in [2.45, 2.75) is 44.4 Å². The first kappa shape index (κ1) is 11.9. The summed E-state index contributed by atoms with van der Waals surface area (Å²) >= 11 is 0. The molecule has 4 rings (SSSR count). The van der Waals surface area contributed by atoms with Crippen molar-refractivity contribution < 1.29 is 9.90 Å². The third kappa shape index (κ3) is 1.46. The first-order valence-corrected chi connectivity index (χ1v) is 7.38. The summed E-state index contributed by atoms with van der Waals surface area (Å²) in [7, 11) is 0. The molecule has 102 valence electrons. The highest BCUT2D eigenvalue weighted by atomic mass is 16.4. The summed E-state index contributed by atoms with van der Waals surface area (Å²) in [5.41, 5.74) is 4.63.